The highest BCUT2D eigenvalue weighted by Gasteiger charge is 2.35. The van der Waals surface area contributed by atoms with Gasteiger partial charge in [0.2, 0.25) is 0 Å². The molecule has 2 aromatic carbocycles. The third kappa shape index (κ3) is 4.09. The number of ether oxygens (including phenoxy) is 2. The molecule has 1 aliphatic heterocycles. The number of carbonyl (C=O) groups excluding carboxylic acids is 1. The molecule has 6 heteroatoms. The second-order valence-electron chi connectivity index (χ2n) is 7.41. The van der Waals surface area contributed by atoms with Crippen LogP contribution >= 0.6 is 0 Å². The van der Waals surface area contributed by atoms with E-state index < -0.39 is 5.60 Å². The smallest absolute Gasteiger partial charge is 0.255 e. The number of hydrogen-bond acceptors (Lipinski definition) is 4. The quantitative estimate of drug-likeness (QED) is 0.700. The molecule has 6 nitrogen and oxygen atoms in total. The summed E-state index contributed by atoms with van der Waals surface area (Å²) in [7, 11) is 1.66. The highest BCUT2D eigenvalue weighted by atomic mass is 16.5. The van der Waals surface area contributed by atoms with E-state index in [4.69, 9.17) is 14.6 Å². The van der Waals surface area contributed by atoms with Crippen molar-refractivity contribution in [1.29, 1.82) is 0 Å². The third-order valence-electron chi connectivity index (χ3n) is 5.38. The van der Waals surface area contributed by atoms with Crippen molar-refractivity contribution >= 4 is 5.91 Å². The van der Waals surface area contributed by atoms with Crippen molar-refractivity contribution in [2.75, 3.05) is 26.9 Å². The van der Waals surface area contributed by atoms with Gasteiger partial charge in [-0.1, -0.05) is 48.0 Å². The van der Waals surface area contributed by atoms with Crippen molar-refractivity contribution in [3.63, 3.8) is 0 Å². The molecule has 4 rings (SSSR count). The maximum Gasteiger partial charge on any atom is 0.255 e. The Kier molecular flexibility index (Phi) is 5.47. The average Bonchev–Trinajstić information content (AvgIpc) is 3.41. The van der Waals surface area contributed by atoms with Crippen molar-refractivity contribution in [1.82, 2.24) is 15.1 Å². The molecule has 1 atom stereocenters. The van der Waals surface area contributed by atoms with Gasteiger partial charge < -0.3 is 14.8 Å². The molecule has 0 spiro atoms. The number of nitrogens with one attached hydrogen (secondary N) is 1. The van der Waals surface area contributed by atoms with Crippen LogP contribution in [0, 0.1) is 6.92 Å². The molecule has 1 unspecified atom stereocenters. The van der Waals surface area contributed by atoms with E-state index >= 15 is 0 Å². The standard InChI is InChI=1S/C23H25N3O3/c1-17-8-10-18(11-9-17)21-20(14-26(25-21)19-6-4-3-5-7-19)22(27)24-15-23(28-2)12-13-29-16-23/h3-11,14H,12-13,15-16H2,1-2H3,(H,24,27). The summed E-state index contributed by atoms with van der Waals surface area (Å²) in [4.78, 5) is 13.1. The topological polar surface area (TPSA) is 65.4 Å². The predicted octanol–water partition coefficient (Wildman–Crippen LogP) is 3.38. The van der Waals surface area contributed by atoms with Crippen LogP contribution in [0.1, 0.15) is 22.3 Å². The monoisotopic (exact) mass is 391 g/mol. The largest absolute Gasteiger partial charge is 0.378 e. The summed E-state index contributed by atoms with van der Waals surface area (Å²) in [5, 5.41) is 7.74. The molecule has 0 bridgehead atoms. The second kappa shape index (κ2) is 8.19. The summed E-state index contributed by atoms with van der Waals surface area (Å²) in [5.74, 6) is -0.175. The van der Waals surface area contributed by atoms with Gasteiger partial charge in [-0.2, -0.15) is 5.10 Å². The van der Waals surface area contributed by atoms with Crippen LogP contribution in [-0.4, -0.2) is 48.2 Å². The van der Waals surface area contributed by atoms with Gasteiger partial charge in [-0.25, -0.2) is 4.68 Å². The molecule has 1 aliphatic rings. The van der Waals surface area contributed by atoms with Gasteiger partial charge in [0.05, 0.1) is 17.9 Å². The van der Waals surface area contributed by atoms with E-state index in [1.807, 2.05) is 61.5 Å². The van der Waals surface area contributed by atoms with Crippen LogP contribution in [0.4, 0.5) is 0 Å². The molecule has 3 aromatic rings. The lowest BCUT2D eigenvalue weighted by molar-refractivity contribution is -0.0148. The maximum atomic E-state index is 13.1. The molecule has 1 fully saturated rings. The minimum absolute atomic E-state index is 0.175. The Morgan fingerprint density at radius 2 is 1.97 bits per heavy atom. The molecule has 1 aromatic heterocycles. The molecule has 1 saturated heterocycles. The number of rotatable bonds is 6. The highest BCUT2D eigenvalue weighted by Crippen LogP contribution is 2.25. The van der Waals surface area contributed by atoms with Gasteiger partial charge in [0.15, 0.2) is 0 Å². The number of methoxy groups -OCH3 is 1. The fourth-order valence-electron chi connectivity index (χ4n) is 3.48. The summed E-state index contributed by atoms with van der Waals surface area (Å²) < 4.78 is 12.8. The fourth-order valence-corrected chi connectivity index (χ4v) is 3.48. The van der Waals surface area contributed by atoms with Gasteiger partial charge in [0, 0.05) is 38.4 Å². The average molecular weight is 391 g/mol. The van der Waals surface area contributed by atoms with Crippen molar-refractivity contribution in [2.24, 2.45) is 0 Å². The lowest BCUT2D eigenvalue weighted by atomic mass is 10.0. The number of hydrogen-bond donors (Lipinski definition) is 1. The number of nitrogens with zero attached hydrogens (tertiary/aromatic N) is 2. The summed E-state index contributed by atoms with van der Waals surface area (Å²) >= 11 is 0. The van der Waals surface area contributed by atoms with Crippen LogP contribution in [0.2, 0.25) is 0 Å². The first kappa shape index (κ1) is 19.4. The Balaban J connectivity index is 1.66. The lowest BCUT2D eigenvalue weighted by Gasteiger charge is -2.25. The normalized spacial score (nSPS) is 18.7. The summed E-state index contributed by atoms with van der Waals surface area (Å²) in [6.45, 7) is 3.56. The van der Waals surface area contributed by atoms with E-state index in [1.165, 1.54) is 0 Å². The van der Waals surface area contributed by atoms with E-state index in [-0.39, 0.29) is 5.91 Å². The number of aryl methyl sites for hydroxylation is 1. The summed E-state index contributed by atoms with van der Waals surface area (Å²) in [5.41, 5.74) is 3.68. The molecule has 2 heterocycles. The van der Waals surface area contributed by atoms with Crippen molar-refractivity contribution in [3.05, 3.63) is 71.9 Å². The Hall–Kier alpha value is -2.96. The number of carbonyl (C=O) groups is 1. The maximum absolute atomic E-state index is 13.1. The number of para-hydroxylation sites is 1. The summed E-state index contributed by atoms with van der Waals surface area (Å²) in [6.07, 6.45) is 2.54. The van der Waals surface area contributed by atoms with Crippen molar-refractivity contribution in [3.8, 4) is 16.9 Å². The molecule has 0 aliphatic carbocycles. The number of benzene rings is 2. The van der Waals surface area contributed by atoms with Gasteiger partial charge in [-0.15, -0.1) is 0 Å². The first-order valence-corrected chi connectivity index (χ1v) is 9.73. The predicted molar refractivity (Wildman–Crippen MR) is 111 cm³/mol. The second-order valence-corrected chi connectivity index (χ2v) is 7.41. The van der Waals surface area contributed by atoms with Gasteiger partial charge in [-0.3, -0.25) is 4.79 Å². The van der Waals surface area contributed by atoms with Crippen molar-refractivity contribution in [2.45, 2.75) is 18.9 Å². The van der Waals surface area contributed by atoms with E-state index in [2.05, 4.69) is 5.32 Å². The Bertz CT molecular complexity index is 974. The van der Waals surface area contributed by atoms with E-state index in [0.29, 0.717) is 31.0 Å². The van der Waals surface area contributed by atoms with Crippen LogP contribution in [0.3, 0.4) is 0 Å². The van der Waals surface area contributed by atoms with Crippen LogP contribution in [0.5, 0.6) is 0 Å². The fraction of sp³-hybridized carbons (Fsp3) is 0.304. The van der Waals surface area contributed by atoms with Gasteiger partial charge in [0.25, 0.3) is 5.91 Å². The van der Waals surface area contributed by atoms with Crippen molar-refractivity contribution < 1.29 is 14.3 Å². The zero-order valence-electron chi connectivity index (χ0n) is 16.7. The van der Waals surface area contributed by atoms with Gasteiger partial charge >= 0.3 is 0 Å². The van der Waals surface area contributed by atoms with Gasteiger partial charge in [0.1, 0.15) is 11.3 Å². The summed E-state index contributed by atoms with van der Waals surface area (Å²) in [6, 6.07) is 17.8. The highest BCUT2D eigenvalue weighted by molar-refractivity contribution is 6.00. The molecule has 0 saturated carbocycles. The lowest BCUT2D eigenvalue weighted by Crippen LogP contribution is -2.45. The first-order chi connectivity index (χ1) is 14.1. The molecular formula is C23H25N3O3. The Morgan fingerprint density at radius 3 is 2.62 bits per heavy atom. The van der Waals surface area contributed by atoms with Crippen LogP contribution in [-0.2, 0) is 9.47 Å². The number of aromatic nitrogens is 2. The third-order valence-corrected chi connectivity index (χ3v) is 5.38. The molecule has 29 heavy (non-hydrogen) atoms. The van der Waals surface area contributed by atoms with E-state index in [0.717, 1.165) is 23.2 Å². The minimum Gasteiger partial charge on any atom is -0.378 e. The molecule has 150 valence electrons. The Morgan fingerprint density at radius 1 is 1.21 bits per heavy atom. The molecule has 0 radical (unpaired) electrons. The van der Waals surface area contributed by atoms with E-state index in [1.54, 1.807) is 18.0 Å². The zero-order valence-corrected chi connectivity index (χ0v) is 16.7. The molecule has 1 N–H and O–H groups in total. The van der Waals surface area contributed by atoms with Crippen LogP contribution in [0.25, 0.3) is 16.9 Å². The molecular weight excluding hydrogens is 366 g/mol. The van der Waals surface area contributed by atoms with Gasteiger partial charge in [-0.05, 0) is 19.1 Å². The first-order valence-electron chi connectivity index (χ1n) is 9.73. The zero-order chi connectivity index (χ0) is 20.3. The van der Waals surface area contributed by atoms with E-state index in [9.17, 15) is 4.79 Å². The SMILES string of the molecule is COC1(CNC(=O)c2cn(-c3ccccc3)nc2-c2ccc(C)cc2)CCOC1. The minimum atomic E-state index is -0.463. The number of amides is 1. The van der Waals surface area contributed by atoms with Crippen LogP contribution < -0.4 is 5.32 Å². The Labute approximate surface area is 170 Å². The van der Waals surface area contributed by atoms with Crippen LogP contribution in [0.15, 0.2) is 60.8 Å². The molecule has 1 amide bonds.